The van der Waals surface area contributed by atoms with Crippen LogP contribution in [0.4, 0.5) is 0 Å². The first-order chi connectivity index (χ1) is 4.24. The number of ether oxygens (including phenoxy) is 1. The summed E-state index contributed by atoms with van der Waals surface area (Å²) >= 11 is 0. The minimum Gasteiger partial charge on any atom is -0.388 e. The lowest BCUT2D eigenvalue weighted by molar-refractivity contribution is 0.277. The molecule has 0 rings (SSSR count). The van der Waals surface area contributed by atoms with Crippen LogP contribution in [0.15, 0.2) is 0 Å². The molecule has 13 heavy (non-hydrogen) atoms. The molecule has 12 N–H and O–H groups in total. The Hall–Kier alpha value is -0.200. The van der Waals surface area contributed by atoms with Crippen LogP contribution in [0.2, 0.25) is 0 Å². The van der Waals surface area contributed by atoms with Gasteiger partial charge in [-0.05, 0) is 0 Å². The van der Waals surface area contributed by atoms with Gasteiger partial charge in [-0.25, -0.2) is 0 Å². The van der Waals surface area contributed by atoms with Gasteiger partial charge in [-0.2, -0.15) is 0 Å². The molecule has 0 aromatic heterocycles. The van der Waals surface area contributed by atoms with Gasteiger partial charge in [-0.1, -0.05) is 40.5 Å². The van der Waals surface area contributed by atoms with Crippen LogP contribution in [0, 0.1) is 0 Å². The summed E-state index contributed by atoms with van der Waals surface area (Å²) < 4.78 is 4.25. The molecule has 0 bridgehead atoms. The van der Waals surface area contributed by atoms with Crippen molar-refractivity contribution in [3.05, 3.63) is 0 Å². The van der Waals surface area contributed by atoms with Crippen LogP contribution in [0.25, 0.3) is 0 Å². The summed E-state index contributed by atoms with van der Waals surface area (Å²) in [6.07, 6.45) is 2.50. The fraction of sp³-hybridized carbons (Fsp3) is 1.00. The van der Waals surface area contributed by atoms with Gasteiger partial charge in [0.1, 0.15) is 0 Å². The Kier molecular flexibility index (Phi) is 715. The molecule has 0 atom stereocenters. The molecule has 0 fully saturated rings. The van der Waals surface area contributed by atoms with E-state index in [0.717, 1.165) is 0 Å². The third-order valence-corrected chi connectivity index (χ3v) is 0. The Morgan fingerprint density at radius 1 is 0.615 bits per heavy atom. The molecular weight excluding hydrogens is 168 g/mol. The van der Waals surface area contributed by atoms with E-state index in [-0.39, 0.29) is 24.6 Å². The average Bonchev–Trinajstić information content (AvgIpc) is 1.70. The second kappa shape index (κ2) is 176. The van der Waals surface area contributed by atoms with E-state index in [1.807, 2.05) is 0 Å². The quantitative estimate of drug-likeness (QED) is 0.472. The van der Waals surface area contributed by atoms with Crippen LogP contribution in [-0.2, 0) is 4.74 Å². The molecule has 0 saturated carbocycles. The smallest absolute Gasteiger partial charge is 0.0351 e. The molecule has 92 valence electrons. The zero-order chi connectivity index (χ0) is 8.12. The van der Waals surface area contributed by atoms with Crippen LogP contribution in [0.5, 0.6) is 0 Å². The first kappa shape index (κ1) is 53.0. The van der Waals surface area contributed by atoms with Crippen LogP contribution in [0.1, 0.15) is 40.5 Å². The van der Waals surface area contributed by atoms with Crippen molar-refractivity contribution in [2.45, 2.75) is 40.5 Å². The average molecular weight is 202 g/mol. The van der Waals surface area contributed by atoms with Gasteiger partial charge >= 0.3 is 0 Å². The predicted molar refractivity (Wildman–Crippen MR) is 65.0 cm³/mol. The summed E-state index contributed by atoms with van der Waals surface area (Å²) in [6.45, 7) is 8.50. The first-order valence-electron chi connectivity index (χ1n) is 3.64. The predicted octanol–water partition coefficient (Wildman–Crippen LogP) is 3.74. The molecule has 0 aromatic carbocycles. The minimum atomic E-state index is 0. The summed E-state index contributed by atoms with van der Waals surface area (Å²) in [5, 5.41) is 0. The lowest BCUT2D eigenvalue weighted by atomic mass is 10.6. The van der Waals surface area contributed by atoms with Crippen molar-refractivity contribution in [3.63, 3.8) is 0 Å². The molecular formula is C8H34N4O. The molecule has 0 heterocycles. The Bertz CT molecular complexity index is 20.9. The Labute approximate surface area is 85.0 Å². The van der Waals surface area contributed by atoms with Gasteiger partial charge in [0, 0.05) is 14.2 Å². The number of methoxy groups -OCH3 is 1. The maximum Gasteiger partial charge on any atom is 0.0351 e. The summed E-state index contributed by atoms with van der Waals surface area (Å²) in [6, 6.07) is 0. The van der Waals surface area contributed by atoms with Crippen molar-refractivity contribution in [3.8, 4) is 0 Å². The summed E-state index contributed by atoms with van der Waals surface area (Å²) in [5.41, 5.74) is 0. The lowest BCUT2D eigenvalue weighted by Crippen LogP contribution is -1.55. The van der Waals surface area contributed by atoms with Crippen molar-refractivity contribution in [1.29, 1.82) is 0 Å². The van der Waals surface area contributed by atoms with E-state index in [1.54, 1.807) is 14.2 Å². The standard InChI is InChI=1S/2C3H8.C2H6O.4H3N/c3*1-3-2;;;;/h2*3H2,1-2H3;1-2H3;4*1H3. The van der Waals surface area contributed by atoms with Crippen molar-refractivity contribution >= 4 is 0 Å². The van der Waals surface area contributed by atoms with E-state index < -0.39 is 0 Å². The monoisotopic (exact) mass is 202 g/mol. The van der Waals surface area contributed by atoms with Crippen LogP contribution < -0.4 is 24.6 Å². The van der Waals surface area contributed by atoms with Crippen LogP contribution in [0.3, 0.4) is 0 Å². The van der Waals surface area contributed by atoms with E-state index in [4.69, 9.17) is 0 Å². The SMILES string of the molecule is CCC.CCC.COC.N.N.N.N. The molecule has 0 aromatic rings. The molecule has 5 heteroatoms. The fourth-order valence-corrected chi connectivity index (χ4v) is 0. The highest BCUT2D eigenvalue weighted by molar-refractivity contribution is 3.92. The number of rotatable bonds is 0. The number of hydrogen-bond donors (Lipinski definition) is 4. The minimum absolute atomic E-state index is 0. The van der Waals surface area contributed by atoms with E-state index in [0.29, 0.717) is 0 Å². The Morgan fingerprint density at radius 2 is 0.615 bits per heavy atom. The molecule has 0 amide bonds. The molecule has 0 aliphatic heterocycles. The maximum atomic E-state index is 4.25. The van der Waals surface area contributed by atoms with E-state index in [1.165, 1.54) is 12.8 Å². The Morgan fingerprint density at radius 3 is 0.615 bits per heavy atom. The van der Waals surface area contributed by atoms with Crippen molar-refractivity contribution < 1.29 is 4.74 Å². The van der Waals surface area contributed by atoms with E-state index in [2.05, 4.69) is 32.4 Å². The maximum absolute atomic E-state index is 4.25. The molecule has 0 unspecified atom stereocenters. The second-order valence-corrected chi connectivity index (χ2v) is 1.82. The van der Waals surface area contributed by atoms with Gasteiger partial charge in [-0.15, -0.1) is 0 Å². The zero-order valence-corrected chi connectivity index (χ0v) is 10.7. The van der Waals surface area contributed by atoms with Gasteiger partial charge in [0.15, 0.2) is 0 Å². The van der Waals surface area contributed by atoms with Crippen LogP contribution in [-0.4, -0.2) is 14.2 Å². The fourth-order valence-electron chi connectivity index (χ4n) is 0. The molecule has 0 saturated heterocycles. The van der Waals surface area contributed by atoms with Gasteiger partial charge in [0.05, 0.1) is 0 Å². The summed E-state index contributed by atoms with van der Waals surface area (Å²) in [7, 11) is 3.25. The zero-order valence-electron chi connectivity index (χ0n) is 10.7. The van der Waals surface area contributed by atoms with Crippen molar-refractivity contribution in [2.75, 3.05) is 14.2 Å². The van der Waals surface area contributed by atoms with Crippen molar-refractivity contribution in [2.24, 2.45) is 0 Å². The van der Waals surface area contributed by atoms with Gasteiger partial charge < -0.3 is 29.3 Å². The molecule has 5 nitrogen and oxygen atoms in total. The topological polar surface area (TPSA) is 149 Å². The van der Waals surface area contributed by atoms with Gasteiger partial charge in [-0.3, -0.25) is 0 Å². The Balaban J connectivity index is -0.00000000720. The van der Waals surface area contributed by atoms with Crippen molar-refractivity contribution in [1.82, 2.24) is 24.6 Å². The van der Waals surface area contributed by atoms with E-state index >= 15 is 0 Å². The first-order valence-corrected chi connectivity index (χ1v) is 3.64. The molecule has 0 radical (unpaired) electrons. The highest BCUT2D eigenvalue weighted by Crippen LogP contribution is 1.56. The molecule has 0 aliphatic rings. The lowest BCUT2D eigenvalue weighted by Gasteiger charge is -1.61. The van der Waals surface area contributed by atoms with Gasteiger partial charge in [0.2, 0.25) is 0 Å². The van der Waals surface area contributed by atoms with Gasteiger partial charge in [0.25, 0.3) is 0 Å². The molecule has 0 spiro atoms. The normalized spacial score (nSPS) is 4.15. The second-order valence-electron chi connectivity index (χ2n) is 1.82. The summed E-state index contributed by atoms with van der Waals surface area (Å²) in [5.74, 6) is 0. The van der Waals surface area contributed by atoms with Crippen LogP contribution >= 0.6 is 0 Å². The third-order valence-electron chi connectivity index (χ3n) is 0. The highest BCUT2D eigenvalue weighted by Gasteiger charge is 1.36. The molecule has 0 aliphatic carbocycles. The third kappa shape index (κ3) is 28300. The summed E-state index contributed by atoms with van der Waals surface area (Å²) in [4.78, 5) is 0. The highest BCUT2D eigenvalue weighted by atomic mass is 16.4. The number of hydrogen-bond acceptors (Lipinski definition) is 5. The van der Waals surface area contributed by atoms with E-state index in [9.17, 15) is 0 Å². The largest absolute Gasteiger partial charge is 0.388 e.